The Morgan fingerprint density at radius 3 is 2.87 bits per heavy atom. The van der Waals surface area contributed by atoms with Gasteiger partial charge >= 0.3 is 5.69 Å². The fourth-order valence-electron chi connectivity index (χ4n) is 3.97. The fraction of sp³-hybridized carbons (Fsp3) is 0.273. The molecule has 31 heavy (non-hydrogen) atoms. The minimum absolute atomic E-state index is 0.0395. The molecular weight excluding hydrogens is 417 g/mol. The van der Waals surface area contributed by atoms with E-state index in [-0.39, 0.29) is 23.5 Å². The molecule has 0 spiro atoms. The average Bonchev–Trinajstić information content (AvgIpc) is 3.30. The van der Waals surface area contributed by atoms with Gasteiger partial charge in [-0.1, -0.05) is 18.2 Å². The second kappa shape index (κ2) is 8.07. The number of rotatable bonds is 4. The van der Waals surface area contributed by atoms with Crippen LogP contribution in [0.4, 0.5) is 4.39 Å². The summed E-state index contributed by atoms with van der Waals surface area (Å²) in [5.41, 5.74) is 3.83. The van der Waals surface area contributed by atoms with Crippen molar-refractivity contribution < 1.29 is 9.18 Å². The van der Waals surface area contributed by atoms with E-state index in [4.69, 9.17) is 0 Å². The van der Waals surface area contributed by atoms with Crippen LogP contribution < -0.4 is 11.0 Å². The second-order valence-electron chi connectivity index (χ2n) is 7.64. The lowest BCUT2D eigenvalue weighted by Gasteiger charge is -2.16. The van der Waals surface area contributed by atoms with E-state index in [1.807, 2.05) is 18.2 Å². The predicted octanol–water partition coefficient (Wildman–Crippen LogP) is 2.98. The van der Waals surface area contributed by atoms with Gasteiger partial charge in [-0.25, -0.2) is 18.9 Å². The SMILES string of the molecule is O=C(NC1CCc2nn(Cc3ccc(F)cc3)c(=O)n2CC1)c1cccc2ncsc12. The summed E-state index contributed by atoms with van der Waals surface area (Å²) in [5.74, 6) is 0.290. The largest absolute Gasteiger partial charge is 0.349 e. The summed E-state index contributed by atoms with van der Waals surface area (Å²) < 4.78 is 17.1. The Labute approximate surface area is 181 Å². The van der Waals surface area contributed by atoms with Gasteiger partial charge < -0.3 is 5.32 Å². The number of benzene rings is 2. The quantitative estimate of drug-likeness (QED) is 0.532. The number of carbonyl (C=O) groups is 1. The van der Waals surface area contributed by atoms with Gasteiger partial charge in [0.15, 0.2) is 0 Å². The lowest BCUT2D eigenvalue weighted by molar-refractivity contribution is 0.0934. The molecule has 2 aromatic heterocycles. The Morgan fingerprint density at radius 2 is 2.03 bits per heavy atom. The van der Waals surface area contributed by atoms with Crippen molar-refractivity contribution in [1.82, 2.24) is 24.6 Å². The first kappa shape index (κ1) is 19.6. The first-order chi connectivity index (χ1) is 15.1. The van der Waals surface area contributed by atoms with Gasteiger partial charge in [0, 0.05) is 19.0 Å². The molecule has 0 radical (unpaired) electrons. The van der Waals surface area contributed by atoms with E-state index in [9.17, 15) is 14.0 Å². The zero-order valence-electron chi connectivity index (χ0n) is 16.6. The third-order valence-electron chi connectivity index (χ3n) is 5.60. The number of nitrogens with one attached hydrogen (secondary N) is 1. The molecule has 7 nitrogen and oxygen atoms in total. The molecule has 5 rings (SSSR count). The molecule has 1 aliphatic heterocycles. The normalized spacial score (nSPS) is 16.1. The lowest BCUT2D eigenvalue weighted by atomic mass is 10.1. The number of carbonyl (C=O) groups excluding carboxylic acids is 1. The highest BCUT2D eigenvalue weighted by atomic mass is 32.1. The number of amides is 1. The number of fused-ring (bicyclic) bond motifs is 2. The highest BCUT2D eigenvalue weighted by Crippen LogP contribution is 2.22. The molecule has 0 fully saturated rings. The summed E-state index contributed by atoms with van der Waals surface area (Å²) in [4.78, 5) is 29.9. The molecular formula is C22H20FN5O2S. The number of hydrogen-bond donors (Lipinski definition) is 1. The van der Waals surface area contributed by atoms with Crippen molar-refractivity contribution in [2.24, 2.45) is 0 Å². The van der Waals surface area contributed by atoms with Gasteiger partial charge in [0.05, 0.1) is 27.8 Å². The molecule has 158 valence electrons. The maximum atomic E-state index is 13.1. The summed E-state index contributed by atoms with van der Waals surface area (Å²) in [6, 6.07) is 11.6. The van der Waals surface area contributed by atoms with Crippen LogP contribution in [0.5, 0.6) is 0 Å². The number of nitrogens with zero attached hydrogens (tertiary/aromatic N) is 4. The minimum atomic E-state index is -0.309. The topological polar surface area (TPSA) is 81.8 Å². The highest BCUT2D eigenvalue weighted by molar-refractivity contribution is 7.17. The molecule has 1 aliphatic rings. The van der Waals surface area contributed by atoms with Crippen molar-refractivity contribution in [3.8, 4) is 0 Å². The van der Waals surface area contributed by atoms with Crippen LogP contribution in [0.25, 0.3) is 10.2 Å². The van der Waals surface area contributed by atoms with E-state index in [0.29, 0.717) is 43.7 Å². The number of hydrogen-bond acceptors (Lipinski definition) is 5. The van der Waals surface area contributed by atoms with Crippen molar-refractivity contribution in [3.05, 3.63) is 81.2 Å². The summed E-state index contributed by atoms with van der Waals surface area (Å²) in [6.07, 6.45) is 1.96. The van der Waals surface area contributed by atoms with Crippen molar-refractivity contribution in [2.75, 3.05) is 0 Å². The lowest BCUT2D eigenvalue weighted by Crippen LogP contribution is -2.35. The van der Waals surface area contributed by atoms with Crippen LogP contribution in [0.1, 0.15) is 34.6 Å². The molecule has 1 atom stereocenters. The monoisotopic (exact) mass is 437 g/mol. The zero-order valence-corrected chi connectivity index (χ0v) is 17.4. The number of halogens is 1. The summed E-state index contributed by atoms with van der Waals surface area (Å²) >= 11 is 1.45. The van der Waals surface area contributed by atoms with Crippen molar-refractivity contribution in [3.63, 3.8) is 0 Å². The average molecular weight is 438 g/mol. The zero-order chi connectivity index (χ0) is 21.4. The molecule has 9 heteroatoms. The third kappa shape index (κ3) is 3.88. The summed E-state index contributed by atoms with van der Waals surface area (Å²) in [7, 11) is 0. The molecule has 1 unspecified atom stereocenters. The number of aryl methyl sites for hydroxylation is 1. The molecule has 3 heterocycles. The maximum absolute atomic E-state index is 13.1. The van der Waals surface area contributed by atoms with Gasteiger partial charge in [-0.2, -0.15) is 5.10 Å². The first-order valence-corrected chi connectivity index (χ1v) is 11.0. The van der Waals surface area contributed by atoms with E-state index in [1.54, 1.807) is 22.2 Å². The van der Waals surface area contributed by atoms with Crippen molar-refractivity contribution >= 4 is 27.5 Å². The van der Waals surface area contributed by atoms with Crippen LogP contribution in [0.2, 0.25) is 0 Å². The standard InChI is InChI=1S/C22H20FN5O2S/c23-15-6-4-14(5-7-15)12-28-22(30)27-11-10-16(8-9-19(27)26-28)25-21(29)17-2-1-3-18-20(17)31-13-24-18/h1-7,13,16H,8-12H2,(H,25,29). The first-order valence-electron chi connectivity index (χ1n) is 10.1. The minimum Gasteiger partial charge on any atom is -0.349 e. The van der Waals surface area contributed by atoms with E-state index in [0.717, 1.165) is 15.8 Å². The van der Waals surface area contributed by atoms with Gasteiger partial charge in [-0.05, 0) is 42.7 Å². The Morgan fingerprint density at radius 1 is 1.19 bits per heavy atom. The van der Waals surface area contributed by atoms with E-state index < -0.39 is 0 Å². The number of aromatic nitrogens is 4. The van der Waals surface area contributed by atoms with Crippen LogP contribution in [-0.2, 0) is 19.5 Å². The van der Waals surface area contributed by atoms with Crippen molar-refractivity contribution in [2.45, 2.75) is 38.4 Å². The Hall–Kier alpha value is -3.33. The van der Waals surface area contributed by atoms with Crippen LogP contribution in [0.15, 0.2) is 52.8 Å². The van der Waals surface area contributed by atoms with Crippen LogP contribution in [0, 0.1) is 5.82 Å². The Kier molecular flexibility index (Phi) is 5.11. The van der Waals surface area contributed by atoms with Gasteiger partial charge in [0.25, 0.3) is 5.91 Å². The molecule has 2 aromatic carbocycles. The van der Waals surface area contributed by atoms with Crippen LogP contribution >= 0.6 is 11.3 Å². The van der Waals surface area contributed by atoms with Gasteiger partial charge in [-0.15, -0.1) is 11.3 Å². The third-order valence-corrected chi connectivity index (χ3v) is 6.47. The molecule has 1 N–H and O–H groups in total. The van der Waals surface area contributed by atoms with Gasteiger partial charge in [-0.3, -0.25) is 9.36 Å². The smallest absolute Gasteiger partial charge is 0.346 e. The Balaban J connectivity index is 1.28. The Bertz CT molecular complexity index is 1310. The van der Waals surface area contributed by atoms with Gasteiger partial charge in [0.1, 0.15) is 11.6 Å². The fourth-order valence-corrected chi connectivity index (χ4v) is 4.77. The highest BCUT2D eigenvalue weighted by Gasteiger charge is 2.23. The van der Waals surface area contributed by atoms with E-state index >= 15 is 0 Å². The molecule has 0 saturated carbocycles. The molecule has 0 saturated heterocycles. The number of thiazole rings is 1. The maximum Gasteiger partial charge on any atom is 0.346 e. The molecule has 0 aliphatic carbocycles. The molecule has 4 aromatic rings. The summed E-state index contributed by atoms with van der Waals surface area (Å²) in [6.45, 7) is 0.797. The van der Waals surface area contributed by atoms with E-state index in [2.05, 4.69) is 15.4 Å². The van der Waals surface area contributed by atoms with Crippen molar-refractivity contribution in [1.29, 1.82) is 0 Å². The van der Waals surface area contributed by atoms with Gasteiger partial charge in [0.2, 0.25) is 0 Å². The van der Waals surface area contributed by atoms with Crippen LogP contribution in [0.3, 0.4) is 0 Å². The van der Waals surface area contributed by atoms with Crippen LogP contribution in [-0.4, -0.2) is 31.3 Å². The molecule has 1 amide bonds. The molecule has 0 bridgehead atoms. The second-order valence-corrected chi connectivity index (χ2v) is 8.49. The predicted molar refractivity (Wildman–Crippen MR) is 116 cm³/mol. The summed E-state index contributed by atoms with van der Waals surface area (Å²) in [5, 5.41) is 7.60. The van der Waals surface area contributed by atoms with E-state index in [1.165, 1.54) is 28.2 Å².